The Kier molecular flexibility index (Phi) is 6.22. The second-order valence-electron chi connectivity index (χ2n) is 9.23. The van der Waals surface area contributed by atoms with Crippen LogP contribution in [0, 0.1) is 11.8 Å². The Hall–Kier alpha value is -3.77. The molecule has 2 aliphatic rings. The smallest absolute Gasteiger partial charge is 0.270 e. The van der Waals surface area contributed by atoms with Crippen LogP contribution in [0.15, 0.2) is 108 Å². The number of methoxy groups -OCH3 is 1. The largest absolute Gasteiger partial charge is 0.481 e. The van der Waals surface area contributed by atoms with Gasteiger partial charge < -0.3 is 9.64 Å². The molecular weight excluding hydrogens is 468 g/mol. The Bertz CT molecular complexity index is 1440. The summed E-state index contributed by atoms with van der Waals surface area (Å²) in [6.45, 7) is 4.13. The first-order valence-electron chi connectivity index (χ1n) is 12.1. The van der Waals surface area contributed by atoms with Crippen molar-refractivity contribution in [1.82, 2.24) is 0 Å². The van der Waals surface area contributed by atoms with Gasteiger partial charge in [0.2, 0.25) is 5.88 Å². The molecule has 0 aromatic heterocycles. The van der Waals surface area contributed by atoms with E-state index < -0.39 is 10.0 Å². The minimum Gasteiger partial charge on any atom is -0.481 e. The van der Waals surface area contributed by atoms with E-state index in [-0.39, 0.29) is 22.6 Å². The molecule has 36 heavy (non-hydrogen) atoms. The van der Waals surface area contributed by atoms with E-state index in [1.807, 2.05) is 92.9 Å². The lowest BCUT2D eigenvalue weighted by molar-refractivity contribution is 0.291. The Morgan fingerprint density at radius 3 is 1.94 bits per heavy atom. The Labute approximate surface area is 213 Å². The summed E-state index contributed by atoms with van der Waals surface area (Å²) < 4.78 is 36.1. The molecular formula is C30H30N2O3S. The van der Waals surface area contributed by atoms with Crippen molar-refractivity contribution >= 4 is 32.7 Å². The minimum absolute atomic E-state index is 0.0980. The van der Waals surface area contributed by atoms with Gasteiger partial charge in [-0.3, -0.25) is 0 Å². The van der Waals surface area contributed by atoms with Crippen LogP contribution in [-0.4, -0.2) is 22.6 Å². The second-order valence-corrected chi connectivity index (χ2v) is 11.0. The average molecular weight is 499 g/mol. The van der Waals surface area contributed by atoms with Gasteiger partial charge in [0.15, 0.2) is 0 Å². The molecule has 1 aliphatic heterocycles. The van der Waals surface area contributed by atoms with Gasteiger partial charge in [-0.25, -0.2) is 12.7 Å². The molecule has 0 saturated carbocycles. The maximum atomic E-state index is 14.4. The van der Waals surface area contributed by atoms with Crippen LogP contribution in [0.3, 0.4) is 0 Å². The van der Waals surface area contributed by atoms with Crippen molar-refractivity contribution in [3.05, 3.63) is 119 Å². The Balaban J connectivity index is 1.83. The molecule has 0 amide bonds. The first-order valence-corrected chi connectivity index (χ1v) is 13.5. The van der Waals surface area contributed by atoms with Crippen LogP contribution in [0.5, 0.6) is 0 Å². The number of rotatable bonds is 5. The molecule has 2 unspecified atom stereocenters. The summed E-state index contributed by atoms with van der Waals surface area (Å²) in [5.41, 5.74) is 5.01. The van der Waals surface area contributed by atoms with Gasteiger partial charge in [-0.15, -0.1) is 0 Å². The van der Waals surface area contributed by atoms with Crippen molar-refractivity contribution in [2.75, 3.05) is 23.4 Å². The van der Waals surface area contributed by atoms with Gasteiger partial charge in [0.05, 0.1) is 23.3 Å². The maximum absolute atomic E-state index is 14.4. The number of ether oxygens (including phenoxy) is 1. The van der Waals surface area contributed by atoms with Crippen LogP contribution in [-0.2, 0) is 14.8 Å². The summed E-state index contributed by atoms with van der Waals surface area (Å²) in [7, 11) is -0.446. The molecule has 5 nitrogen and oxygen atoms in total. The van der Waals surface area contributed by atoms with Crippen molar-refractivity contribution < 1.29 is 13.2 Å². The van der Waals surface area contributed by atoms with Crippen LogP contribution in [0.2, 0.25) is 0 Å². The minimum atomic E-state index is -4.00. The predicted molar refractivity (Wildman–Crippen MR) is 147 cm³/mol. The van der Waals surface area contributed by atoms with Gasteiger partial charge in [0, 0.05) is 29.5 Å². The van der Waals surface area contributed by atoms with E-state index >= 15 is 0 Å². The zero-order valence-electron chi connectivity index (χ0n) is 20.9. The molecule has 3 aromatic rings. The quantitative estimate of drug-likeness (QED) is 0.368. The van der Waals surface area contributed by atoms with E-state index in [2.05, 4.69) is 11.8 Å². The van der Waals surface area contributed by atoms with E-state index in [4.69, 9.17) is 4.74 Å². The topological polar surface area (TPSA) is 49.9 Å². The summed E-state index contributed by atoms with van der Waals surface area (Å²) in [5.74, 6) is 0.623. The molecule has 1 heterocycles. The van der Waals surface area contributed by atoms with E-state index in [9.17, 15) is 8.42 Å². The molecule has 0 spiro atoms. The molecule has 3 aromatic carbocycles. The Morgan fingerprint density at radius 2 is 1.39 bits per heavy atom. The zero-order valence-corrected chi connectivity index (χ0v) is 21.7. The fourth-order valence-electron chi connectivity index (χ4n) is 4.84. The second kappa shape index (κ2) is 9.36. The van der Waals surface area contributed by atoms with Crippen molar-refractivity contribution in [3.63, 3.8) is 0 Å². The molecule has 184 valence electrons. The van der Waals surface area contributed by atoms with Gasteiger partial charge in [-0.1, -0.05) is 80.6 Å². The molecule has 2 atom stereocenters. The van der Waals surface area contributed by atoms with Crippen molar-refractivity contribution in [3.8, 4) is 0 Å². The van der Waals surface area contributed by atoms with Crippen LogP contribution in [0.4, 0.5) is 17.1 Å². The van der Waals surface area contributed by atoms with E-state index in [0.29, 0.717) is 5.69 Å². The van der Waals surface area contributed by atoms with Crippen LogP contribution < -0.4 is 9.21 Å². The molecule has 0 fully saturated rings. The summed E-state index contributed by atoms with van der Waals surface area (Å²) >= 11 is 0. The monoisotopic (exact) mass is 498 g/mol. The number of allylic oxidation sites excluding steroid dienone is 3. The average Bonchev–Trinajstić information content (AvgIpc) is 2.90. The lowest BCUT2D eigenvalue weighted by Crippen LogP contribution is -2.34. The fraction of sp³-hybridized carbons (Fsp3) is 0.200. The highest BCUT2D eigenvalue weighted by atomic mass is 32.2. The lowest BCUT2D eigenvalue weighted by Gasteiger charge is -2.35. The normalized spacial score (nSPS) is 18.7. The first kappa shape index (κ1) is 23.9. The highest BCUT2D eigenvalue weighted by Gasteiger charge is 2.36. The molecule has 1 aliphatic carbocycles. The molecule has 0 N–H and O–H groups in total. The summed E-state index contributed by atoms with van der Waals surface area (Å²) in [4.78, 5) is 2.39. The SMILES string of the molecule is COC(=C1c2ccccc2N(C)c2ccccc21)N(c1ccccc1)S(=O)(=O)C1=CC(C)C(C)C=C1. The zero-order chi connectivity index (χ0) is 25.4. The van der Waals surface area contributed by atoms with Crippen molar-refractivity contribution in [2.24, 2.45) is 11.8 Å². The van der Waals surface area contributed by atoms with E-state index in [1.54, 1.807) is 18.2 Å². The summed E-state index contributed by atoms with van der Waals surface area (Å²) in [5, 5.41) is 0. The summed E-state index contributed by atoms with van der Waals surface area (Å²) in [6.07, 6.45) is 5.51. The first-order chi connectivity index (χ1) is 17.3. The number of para-hydroxylation sites is 3. The van der Waals surface area contributed by atoms with Gasteiger partial charge in [0.25, 0.3) is 10.0 Å². The van der Waals surface area contributed by atoms with Crippen molar-refractivity contribution in [2.45, 2.75) is 13.8 Å². The molecule has 0 radical (unpaired) electrons. The number of hydrogen-bond acceptors (Lipinski definition) is 4. The molecule has 0 saturated heterocycles. The van der Waals surface area contributed by atoms with E-state index in [1.165, 1.54) is 11.4 Å². The standard InChI is InChI=1S/C30H30N2O3S/c1-21-18-19-24(20-22(21)2)36(33,34)32(23-12-6-5-7-13-23)30(35-4)29-25-14-8-10-16-27(25)31(3)28-17-11-9-15-26(28)29/h5-22H,1-4H3. The predicted octanol–water partition coefficient (Wildman–Crippen LogP) is 6.69. The van der Waals surface area contributed by atoms with Crippen LogP contribution >= 0.6 is 0 Å². The maximum Gasteiger partial charge on any atom is 0.270 e. The van der Waals surface area contributed by atoms with Gasteiger partial charge in [-0.2, -0.15) is 0 Å². The third-order valence-electron chi connectivity index (χ3n) is 7.01. The molecule has 0 bridgehead atoms. The molecule has 6 heteroatoms. The number of sulfonamides is 1. The number of nitrogens with zero attached hydrogens (tertiary/aromatic N) is 2. The van der Waals surface area contributed by atoms with Crippen LogP contribution in [0.25, 0.3) is 5.57 Å². The number of anilines is 3. The number of hydrogen-bond donors (Lipinski definition) is 0. The third kappa shape index (κ3) is 3.91. The van der Waals surface area contributed by atoms with Crippen LogP contribution in [0.1, 0.15) is 25.0 Å². The van der Waals surface area contributed by atoms with Gasteiger partial charge >= 0.3 is 0 Å². The van der Waals surface area contributed by atoms with Gasteiger partial charge in [-0.05, 0) is 42.2 Å². The fourth-order valence-corrected chi connectivity index (χ4v) is 6.47. The highest BCUT2D eigenvalue weighted by Crippen LogP contribution is 2.47. The number of fused-ring (bicyclic) bond motifs is 2. The van der Waals surface area contributed by atoms with Crippen molar-refractivity contribution in [1.29, 1.82) is 0 Å². The van der Waals surface area contributed by atoms with Gasteiger partial charge in [0.1, 0.15) is 0 Å². The molecule has 5 rings (SSSR count). The lowest BCUT2D eigenvalue weighted by atomic mass is 9.90. The third-order valence-corrected chi connectivity index (χ3v) is 8.74. The number of benzene rings is 3. The highest BCUT2D eigenvalue weighted by molar-refractivity contribution is 7.97. The van der Waals surface area contributed by atoms with E-state index in [0.717, 1.165) is 28.1 Å². The Morgan fingerprint density at radius 1 is 0.833 bits per heavy atom. The summed E-state index contributed by atoms with van der Waals surface area (Å²) in [6, 6.07) is 25.1.